The highest BCUT2D eigenvalue weighted by Crippen LogP contribution is 2.38. The lowest BCUT2D eigenvalue weighted by atomic mass is 10.1. The van der Waals surface area contributed by atoms with E-state index in [0.29, 0.717) is 0 Å². The first-order valence-corrected chi connectivity index (χ1v) is 4.78. The van der Waals surface area contributed by atoms with E-state index in [4.69, 9.17) is 14.2 Å². The fourth-order valence-corrected chi connectivity index (χ4v) is 2.00. The van der Waals surface area contributed by atoms with Crippen LogP contribution in [-0.4, -0.2) is 46.7 Å². The summed E-state index contributed by atoms with van der Waals surface area (Å²) in [6, 6.07) is 0. The molecule has 0 spiro atoms. The van der Waals surface area contributed by atoms with Gasteiger partial charge in [0.25, 0.3) is 0 Å². The van der Waals surface area contributed by atoms with Crippen LogP contribution < -0.4 is 0 Å². The molecule has 0 amide bonds. The van der Waals surface area contributed by atoms with Gasteiger partial charge in [0.05, 0.1) is 6.10 Å². The minimum Gasteiger partial charge on any atom is -0.391 e. The van der Waals surface area contributed by atoms with Crippen LogP contribution in [0.15, 0.2) is 0 Å². The van der Waals surface area contributed by atoms with E-state index in [0.717, 1.165) is 0 Å². The average molecular weight is 204 g/mol. The summed E-state index contributed by atoms with van der Waals surface area (Å²) < 4.78 is 16.1. The summed E-state index contributed by atoms with van der Waals surface area (Å²) in [6.07, 6.45) is -3.10. The molecule has 1 unspecified atom stereocenters. The van der Waals surface area contributed by atoms with E-state index in [2.05, 4.69) is 0 Å². The van der Waals surface area contributed by atoms with Crippen molar-refractivity contribution in [1.29, 1.82) is 0 Å². The Morgan fingerprint density at radius 1 is 1.21 bits per heavy atom. The fourth-order valence-electron chi connectivity index (χ4n) is 2.00. The van der Waals surface area contributed by atoms with E-state index in [1.807, 2.05) is 0 Å². The van der Waals surface area contributed by atoms with Crippen LogP contribution in [0.3, 0.4) is 0 Å². The second kappa shape index (κ2) is 3.15. The van der Waals surface area contributed by atoms with Crippen LogP contribution >= 0.6 is 0 Å². The third kappa shape index (κ3) is 1.55. The Balaban J connectivity index is 2.15. The van der Waals surface area contributed by atoms with Crippen LogP contribution in [0.1, 0.15) is 20.8 Å². The molecule has 2 fully saturated rings. The first-order valence-electron chi connectivity index (χ1n) is 4.78. The maximum atomic E-state index is 9.51. The molecule has 2 aliphatic heterocycles. The van der Waals surface area contributed by atoms with Crippen molar-refractivity contribution in [3.8, 4) is 0 Å². The zero-order valence-electron chi connectivity index (χ0n) is 8.51. The third-order valence-corrected chi connectivity index (χ3v) is 2.54. The number of rotatable bonds is 1. The molecule has 5 heteroatoms. The van der Waals surface area contributed by atoms with Crippen molar-refractivity contribution in [2.45, 2.75) is 57.3 Å². The van der Waals surface area contributed by atoms with Gasteiger partial charge in [-0.15, -0.1) is 0 Å². The number of aliphatic hydroxyl groups excluding tert-OH is 2. The van der Waals surface area contributed by atoms with Crippen molar-refractivity contribution in [1.82, 2.24) is 0 Å². The van der Waals surface area contributed by atoms with Gasteiger partial charge in [0.2, 0.25) is 0 Å². The molecular weight excluding hydrogens is 188 g/mol. The van der Waals surface area contributed by atoms with Crippen molar-refractivity contribution in [3.63, 3.8) is 0 Å². The standard InChI is InChI=1S/C9H16O5/c1-4(10)5-6-7(8(11)12-5)14-9(2,3)13-6/h4-8,10-11H,1-3H3/t4-,5-,6+,7+,8?/m0/s1. The summed E-state index contributed by atoms with van der Waals surface area (Å²) in [7, 11) is 0. The minimum absolute atomic E-state index is 0.389. The van der Waals surface area contributed by atoms with Gasteiger partial charge in [0.1, 0.15) is 18.3 Å². The number of hydrogen-bond acceptors (Lipinski definition) is 5. The summed E-state index contributed by atoms with van der Waals surface area (Å²) in [6.45, 7) is 5.16. The van der Waals surface area contributed by atoms with Gasteiger partial charge in [-0.05, 0) is 20.8 Å². The van der Waals surface area contributed by atoms with Crippen molar-refractivity contribution in [2.24, 2.45) is 0 Å². The SMILES string of the molecule is C[C@H](O)[C@@H]1OC(O)[C@@H]2OC(C)(C)O[C@H]12. The topological polar surface area (TPSA) is 68.2 Å². The molecule has 82 valence electrons. The molecule has 2 saturated heterocycles. The largest absolute Gasteiger partial charge is 0.391 e. The molecule has 0 aromatic rings. The highest BCUT2D eigenvalue weighted by molar-refractivity contribution is 4.96. The average Bonchev–Trinajstić information content (AvgIpc) is 2.47. The van der Waals surface area contributed by atoms with Gasteiger partial charge < -0.3 is 24.4 Å². The Morgan fingerprint density at radius 3 is 2.36 bits per heavy atom. The summed E-state index contributed by atoms with van der Waals surface area (Å²) in [5.74, 6) is -0.715. The Kier molecular flexibility index (Phi) is 2.32. The van der Waals surface area contributed by atoms with Crippen LogP contribution in [0, 0.1) is 0 Å². The highest BCUT2D eigenvalue weighted by Gasteiger charge is 2.55. The molecule has 2 heterocycles. The van der Waals surface area contributed by atoms with Crippen molar-refractivity contribution in [2.75, 3.05) is 0 Å². The van der Waals surface area contributed by atoms with Gasteiger partial charge in [-0.1, -0.05) is 0 Å². The van der Waals surface area contributed by atoms with Gasteiger partial charge >= 0.3 is 0 Å². The smallest absolute Gasteiger partial charge is 0.184 e. The molecule has 0 bridgehead atoms. The van der Waals surface area contributed by atoms with Crippen LogP contribution in [0.5, 0.6) is 0 Å². The van der Waals surface area contributed by atoms with Gasteiger partial charge in [-0.25, -0.2) is 0 Å². The molecule has 2 rings (SSSR count). The summed E-state index contributed by atoms with van der Waals surface area (Å²) in [4.78, 5) is 0. The highest BCUT2D eigenvalue weighted by atomic mass is 16.8. The normalized spacial score (nSPS) is 47.8. The second-order valence-electron chi connectivity index (χ2n) is 4.30. The molecule has 0 radical (unpaired) electrons. The van der Waals surface area contributed by atoms with Crippen molar-refractivity contribution < 1.29 is 24.4 Å². The molecule has 0 aliphatic carbocycles. The summed E-state index contributed by atoms with van der Waals surface area (Å²) in [5.41, 5.74) is 0. The van der Waals surface area contributed by atoms with Gasteiger partial charge in [0.15, 0.2) is 12.1 Å². The molecule has 0 saturated carbocycles. The third-order valence-electron chi connectivity index (χ3n) is 2.54. The maximum absolute atomic E-state index is 9.51. The van der Waals surface area contributed by atoms with E-state index in [1.54, 1.807) is 20.8 Å². The molecule has 0 aromatic heterocycles. The van der Waals surface area contributed by atoms with Gasteiger partial charge in [-0.3, -0.25) is 0 Å². The van der Waals surface area contributed by atoms with Crippen molar-refractivity contribution >= 4 is 0 Å². The molecular formula is C9H16O5. The Labute approximate surface area is 82.6 Å². The monoisotopic (exact) mass is 204 g/mol. The van der Waals surface area contributed by atoms with Crippen LogP contribution in [0.4, 0.5) is 0 Å². The van der Waals surface area contributed by atoms with Crippen molar-refractivity contribution in [3.05, 3.63) is 0 Å². The van der Waals surface area contributed by atoms with E-state index in [1.165, 1.54) is 0 Å². The lowest BCUT2D eigenvalue weighted by molar-refractivity contribution is -0.229. The second-order valence-corrected chi connectivity index (χ2v) is 4.30. The summed E-state index contributed by atoms with van der Waals surface area (Å²) >= 11 is 0. The van der Waals surface area contributed by atoms with E-state index in [9.17, 15) is 10.2 Å². The van der Waals surface area contributed by atoms with E-state index < -0.39 is 30.4 Å². The van der Waals surface area contributed by atoms with Crippen LogP contribution in [0.25, 0.3) is 0 Å². The Hall–Kier alpha value is -0.200. The van der Waals surface area contributed by atoms with E-state index in [-0.39, 0.29) is 6.10 Å². The fraction of sp³-hybridized carbons (Fsp3) is 1.00. The number of fused-ring (bicyclic) bond motifs is 1. The molecule has 5 nitrogen and oxygen atoms in total. The lowest BCUT2D eigenvalue weighted by Gasteiger charge is -2.23. The number of ether oxygens (including phenoxy) is 3. The van der Waals surface area contributed by atoms with Crippen LogP contribution in [-0.2, 0) is 14.2 Å². The molecule has 2 N–H and O–H groups in total. The van der Waals surface area contributed by atoms with Gasteiger partial charge in [0, 0.05) is 0 Å². The van der Waals surface area contributed by atoms with Crippen LogP contribution in [0.2, 0.25) is 0 Å². The first-order chi connectivity index (χ1) is 6.41. The molecule has 5 atom stereocenters. The zero-order chi connectivity index (χ0) is 10.5. The summed E-state index contributed by atoms with van der Waals surface area (Å²) in [5, 5.41) is 18.9. The zero-order valence-corrected chi connectivity index (χ0v) is 8.51. The first kappa shape index (κ1) is 10.3. The van der Waals surface area contributed by atoms with E-state index >= 15 is 0 Å². The Morgan fingerprint density at radius 2 is 1.79 bits per heavy atom. The number of aliphatic hydroxyl groups is 2. The predicted molar refractivity (Wildman–Crippen MR) is 46.4 cm³/mol. The molecule has 14 heavy (non-hydrogen) atoms. The quantitative estimate of drug-likeness (QED) is 0.608. The molecule has 2 aliphatic rings. The Bertz CT molecular complexity index is 225. The lowest BCUT2D eigenvalue weighted by Crippen LogP contribution is -2.36. The molecule has 0 aromatic carbocycles. The number of hydrogen-bond donors (Lipinski definition) is 2. The minimum atomic E-state index is -1.01. The van der Waals surface area contributed by atoms with Gasteiger partial charge in [-0.2, -0.15) is 0 Å². The predicted octanol–water partition coefficient (Wildman–Crippen LogP) is -0.396. The maximum Gasteiger partial charge on any atom is 0.184 e.